The van der Waals surface area contributed by atoms with Crippen molar-refractivity contribution >= 4 is 0 Å². The average molecular weight is 261 g/mol. The maximum atomic E-state index is 5.76. The summed E-state index contributed by atoms with van der Waals surface area (Å²) >= 11 is 0. The van der Waals surface area contributed by atoms with Gasteiger partial charge in [-0.25, -0.2) is 4.98 Å². The van der Waals surface area contributed by atoms with Crippen LogP contribution in [-0.2, 0) is 13.6 Å². The second kappa shape index (κ2) is 5.32. The number of nitrogens with two attached hydrogens (primary N) is 1. The smallest absolute Gasteiger partial charge is 0.132 e. The van der Waals surface area contributed by atoms with Crippen molar-refractivity contribution in [2.75, 3.05) is 14.2 Å². The highest BCUT2D eigenvalue weighted by atomic mass is 16.5. The quantitative estimate of drug-likeness (QED) is 0.912. The van der Waals surface area contributed by atoms with Crippen molar-refractivity contribution in [3.8, 4) is 22.8 Å². The first-order chi connectivity index (χ1) is 9.12. The van der Waals surface area contributed by atoms with Crippen LogP contribution < -0.4 is 15.2 Å². The van der Waals surface area contributed by atoms with Crippen LogP contribution in [0.2, 0.25) is 0 Å². The fourth-order valence-corrected chi connectivity index (χ4v) is 2.25. The lowest BCUT2D eigenvalue weighted by molar-refractivity contribution is 0.394. The van der Waals surface area contributed by atoms with E-state index in [1.54, 1.807) is 20.5 Å². The first-order valence-electron chi connectivity index (χ1n) is 6.05. The third-order valence-corrected chi connectivity index (χ3v) is 3.17. The van der Waals surface area contributed by atoms with Gasteiger partial charge in [-0.15, -0.1) is 0 Å². The number of rotatable bonds is 4. The molecule has 1 heterocycles. The minimum absolute atomic E-state index is 0.394. The van der Waals surface area contributed by atoms with Crippen molar-refractivity contribution < 1.29 is 9.47 Å². The number of benzene rings is 1. The van der Waals surface area contributed by atoms with Crippen LogP contribution in [0, 0.1) is 6.92 Å². The van der Waals surface area contributed by atoms with E-state index in [4.69, 9.17) is 15.2 Å². The molecule has 0 fully saturated rings. The first-order valence-corrected chi connectivity index (χ1v) is 6.05. The summed E-state index contributed by atoms with van der Waals surface area (Å²) in [4.78, 5) is 4.32. The number of aromatic nitrogens is 2. The van der Waals surface area contributed by atoms with Gasteiger partial charge in [0.1, 0.15) is 11.5 Å². The topological polar surface area (TPSA) is 62.3 Å². The number of ether oxygens (including phenoxy) is 2. The van der Waals surface area contributed by atoms with Gasteiger partial charge in [-0.05, 0) is 18.6 Å². The van der Waals surface area contributed by atoms with E-state index in [0.29, 0.717) is 6.54 Å². The molecule has 1 aromatic carbocycles. The number of hydrogen-bond donors (Lipinski definition) is 1. The molecule has 1 aromatic heterocycles. The number of hydrogen-bond acceptors (Lipinski definition) is 4. The molecule has 0 aliphatic rings. The van der Waals surface area contributed by atoms with Crippen LogP contribution in [0.3, 0.4) is 0 Å². The third kappa shape index (κ3) is 2.29. The Kier molecular flexibility index (Phi) is 3.76. The first kappa shape index (κ1) is 13.4. The van der Waals surface area contributed by atoms with Crippen LogP contribution in [-0.4, -0.2) is 23.8 Å². The molecule has 0 bridgehead atoms. The molecule has 0 amide bonds. The van der Waals surface area contributed by atoms with E-state index < -0.39 is 0 Å². The molecule has 2 N–H and O–H groups in total. The molecule has 0 radical (unpaired) electrons. The molecule has 0 aliphatic heterocycles. The maximum Gasteiger partial charge on any atom is 0.132 e. The van der Waals surface area contributed by atoms with E-state index in [1.165, 1.54) is 0 Å². The van der Waals surface area contributed by atoms with Crippen LogP contribution >= 0.6 is 0 Å². The Morgan fingerprint density at radius 3 is 2.58 bits per heavy atom. The van der Waals surface area contributed by atoms with Crippen molar-refractivity contribution in [1.82, 2.24) is 9.55 Å². The summed E-state index contributed by atoms with van der Waals surface area (Å²) in [5.41, 5.74) is 9.67. The lowest BCUT2D eigenvalue weighted by atomic mass is 10.0. The molecule has 5 nitrogen and oxygen atoms in total. The van der Waals surface area contributed by atoms with Gasteiger partial charge in [0, 0.05) is 25.2 Å². The van der Waals surface area contributed by atoms with Gasteiger partial charge in [0.2, 0.25) is 0 Å². The lowest BCUT2D eigenvalue weighted by Gasteiger charge is -2.15. The standard InChI is InChI=1S/C14H19N3O2/c1-9-5-10(18-3)6-12(19-4)13(9)14-11(7-15)16-8-17(14)2/h5-6,8H,7,15H2,1-4H3. The Bertz CT molecular complexity index is 591. The number of aryl methyl sites for hydroxylation is 2. The van der Waals surface area contributed by atoms with E-state index >= 15 is 0 Å². The highest BCUT2D eigenvalue weighted by Crippen LogP contribution is 2.37. The summed E-state index contributed by atoms with van der Waals surface area (Å²) in [6, 6.07) is 3.85. The Labute approximate surface area is 113 Å². The second-order valence-electron chi connectivity index (χ2n) is 4.38. The van der Waals surface area contributed by atoms with Gasteiger partial charge in [-0.3, -0.25) is 0 Å². The molecule has 0 aliphatic carbocycles. The van der Waals surface area contributed by atoms with Crippen molar-refractivity contribution in [2.24, 2.45) is 12.8 Å². The summed E-state index contributed by atoms with van der Waals surface area (Å²) < 4.78 is 12.7. The largest absolute Gasteiger partial charge is 0.497 e. The van der Waals surface area contributed by atoms with Gasteiger partial charge in [0.15, 0.2) is 0 Å². The molecular weight excluding hydrogens is 242 g/mol. The van der Waals surface area contributed by atoms with Crippen LogP contribution in [0.1, 0.15) is 11.3 Å². The predicted octanol–water partition coefficient (Wildman–Crippen LogP) is 1.87. The van der Waals surface area contributed by atoms with Crippen molar-refractivity contribution in [1.29, 1.82) is 0 Å². The van der Waals surface area contributed by atoms with Gasteiger partial charge in [-0.1, -0.05) is 0 Å². The minimum Gasteiger partial charge on any atom is -0.497 e. The zero-order chi connectivity index (χ0) is 14.0. The zero-order valence-electron chi connectivity index (χ0n) is 11.7. The molecule has 0 spiro atoms. The van der Waals surface area contributed by atoms with Gasteiger partial charge >= 0.3 is 0 Å². The van der Waals surface area contributed by atoms with Crippen LogP contribution in [0.25, 0.3) is 11.3 Å². The highest BCUT2D eigenvalue weighted by Gasteiger charge is 2.18. The molecule has 19 heavy (non-hydrogen) atoms. The summed E-state index contributed by atoms with van der Waals surface area (Å²) in [5.74, 6) is 1.53. The van der Waals surface area contributed by atoms with Crippen LogP contribution in [0.15, 0.2) is 18.5 Å². The molecule has 0 saturated carbocycles. The summed E-state index contributed by atoms with van der Waals surface area (Å²) in [7, 11) is 5.24. The normalized spacial score (nSPS) is 10.6. The molecule has 102 valence electrons. The van der Waals surface area contributed by atoms with E-state index in [2.05, 4.69) is 4.98 Å². The Morgan fingerprint density at radius 1 is 1.26 bits per heavy atom. The molecule has 0 atom stereocenters. The maximum absolute atomic E-state index is 5.76. The zero-order valence-corrected chi connectivity index (χ0v) is 11.7. The summed E-state index contributed by atoms with van der Waals surface area (Å²) in [6.07, 6.45) is 1.76. The van der Waals surface area contributed by atoms with Crippen LogP contribution in [0.5, 0.6) is 11.5 Å². The lowest BCUT2D eigenvalue weighted by Crippen LogP contribution is -2.03. The van der Waals surface area contributed by atoms with Gasteiger partial charge < -0.3 is 19.8 Å². The molecule has 2 aromatic rings. The summed E-state index contributed by atoms with van der Waals surface area (Å²) in [5, 5.41) is 0. The van der Waals surface area contributed by atoms with E-state index in [1.807, 2.05) is 30.7 Å². The molecule has 0 unspecified atom stereocenters. The Hall–Kier alpha value is -2.01. The predicted molar refractivity (Wildman–Crippen MR) is 74.4 cm³/mol. The van der Waals surface area contributed by atoms with E-state index in [9.17, 15) is 0 Å². The van der Waals surface area contributed by atoms with Gasteiger partial charge in [0.05, 0.1) is 31.9 Å². The van der Waals surface area contributed by atoms with Gasteiger partial charge in [-0.2, -0.15) is 0 Å². The van der Waals surface area contributed by atoms with Gasteiger partial charge in [0.25, 0.3) is 0 Å². The monoisotopic (exact) mass is 261 g/mol. The van der Waals surface area contributed by atoms with Crippen molar-refractivity contribution in [2.45, 2.75) is 13.5 Å². The highest BCUT2D eigenvalue weighted by molar-refractivity contribution is 5.74. The fraction of sp³-hybridized carbons (Fsp3) is 0.357. The Balaban J connectivity index is 2.70. The van der Waals surface area contributed by atoms with E-state index in [-0.39, 0.29) is 0 Å². The van der Waals surface area contributed by atoms with Crippen molar-refractivity contribution in [3.05, 3.63) is 29.7 Å². The second-order valence-corrected chi connectivity index (χ2v) is 4.38. The SMILES string of the molecule is COc1cc(C)c(-c2c(CN)ncn2C)c(OC)c1. The van der Waals surface area contributed by atoms with E-state index in [0.717, 1.165) is 34.0 Å². The Morgan fingerprint density at radius 2 is 2.00 bits per heavy atom. The summed E-state index contributed by atoms with van der Waals surface area (Å²) in [6.45, 7) is 2.42. The molecule has 0 saturated heterocycles. The number of imidazole rings is 1. The van der Waals surface area contributed by atoms with Crippen LogP contribution in [0.4, 0.5) is 0 Å². The molecule has 2 rings (SSSR count). The minimum atomic E-state index is 0.394. The third-order valence-electron chi connectivity index (χ3n) is 3.17. The molecular formula is C14H19N3O2. The van der Waals surface area contributed by atoms with Crippen molar-refractivity contribution in [3.63, 3.8) is 0 Å². The number of nitrogens with zero attached hydrogens (tertiary/aromatic N) is 2. The average Bonchev–Trinajstić information content (AvgIpc) is 2.78. The fourth-order valence-electron chi connectivity index (χ4n) is 2.25. The number of methoxy groups -OCH3 is 2. The molecule has 5 heteroatoms.